The second kappa shape index (κ2) is 4.21. The molecule has 0 saturated heterocycles. The molecule has 0 saturated carbocycles. The number of allylic oxidation sites excluding steroid dienone is 1. The predicted molar refractivity (Wildman–Crippen MR) is 52.5 cm³/mol. The quantitative estimate of drug-likeness (QED) is 0.651. The van der Waals surface area contributed by atoms with Crippen LogP contribution in [0.2, 0.25) is 0 Å². The molecule has 0 aromatic carbocycles. The average molecular weight is 180 g/mol. The minimum atomic E-state index is 0.168. The smallest absolute Gasteiger partial charge is 0.158 e. The number of Topliss-reactive ketones (excluding diaryl/α,β-unsaturated/α-hetero) is 1. The maximum absolute atomic E-state index is 11.1. The molecule has 1 nitrogen and oxygen atoms in total. The molecule has 0 N–H and O–H groups in total. The standard InChI is InChI=1S/C10H12OS/c1-8(2)10(11)4-3-9-5-6-12-7-9/h5-7H,1,3-4H2,2H3. The van der Waals surface area contributed by atoms with Gasteiger partial charge in [0.15, 0.2) is 5.78 Å². The number of carbonyl (C=O) groups excluding carboxylic acids is 1. The van der Waals surface area contributed by atoms with Crippen molar-refractivity contribution >= 4 is 17.1 Å². The van der Waals surface area contributed by atoms with Crippen LogP contribution in [-0.2, 0) is 11.2 Å². The highest BCUT2D eigenvalue weighted by molar-refractivity contribution is 7.07. The zero-order valence-corrected chi connectivity index (χ0v) is 7.99. The molecule has 1 rings (SSSR count). The first-order chi connectivity index (χ1) is 5.70. The summed E-state index contributed by atoms with van der Waals surface area (Å²) in [6.07, 6.45) is 1.43. The molecular formula is C10H12OS. The van der Waals surface area contributed by atoms with Crippen molar-refractivity contribution in [1.82, 2.24) is 0 Å². The Hall–Kier alpha value is -0.890. The van der Waals surface area contributed by atoms with E-state index in [0.29, 0.717) is 12.0 Å². The molecule has 0 bridgehead atoms. The Balaban J connectivity index is 2.37. The lowest BCUT2D eigenvalue weighted by atomic mass is 10.1. The Labute approximate surface area is 76.7 Å². The van der Waals surface area contributed by atoms with Crippen LogP contribution in [0.15, 0.2) is 29.0 Å². The zero-order valence-electron chi connectivity index (χ0n) is 7.17. The van der Waals surface area contributed by atoms with E-state index in [9.17, 15) is 4.79 Å². The van der Waals surface area contributed by atoms with Crippen molar-refractivity contribution < 1.29 is 4.79 Å². The third-order valence-corrected chi connectivity index (χ3v) is 2.43. The van der Waals surface area contributed by atoms with Crippen LogP contribution >= 0.6 is 11.3 Å². The Morgan fingerprint density at radius 3 is 2.92 bits per heavy atom. The molecule has 12 heavy (non-hydrogen) atoms. The van der Waals surface area contributed by atoms with Gasteiger partial charge in [0, 0.05) is 6.42 Å². The van der Waals surface area contributed by atoms with Crippen molar-refractivity contribution in [2.24, 2.45) is 0 Å². The molecule has 64 valence electrons. The number of thiophene rings is 1. The zero-order chi connectivity index (χ0) is 8.97. The second-order valence-electron chi connectivity index (χ2n) is 2.84. The summed E-state index contributed by atoms with van der Waals surface area (Å²) < 4.78 is 0. The number of ketones is 1. The van der Waals surface area contributed by atoms with Gasteiger partial charge < -0.3 is 0 Å². The first-order valence-electron chi connectivity index (χ1n) is 3.90. The molecule has 0 aliphatic carbocycles. The van der Waals surface area contributed by atoms with Gasteiger partial charge >= 0.3 is 0 Å². The van der Waals surface area contributed by atoms with E-state index >= 15 is 0 Å². The number of carbonyl (C=O) groups is 1. The van der Waals surface area contributed by atoms with Crippen molar-refractivity contribution in [2.45, 2.75) is 19.8 Å². The molecule has 0 aliphatic rings. The maximum atomic E-state index is 11.1. The average Bonchev–Trinajstić information content (AvgIpc) is 2.51. The monoisotopic (exact) mass is 180 g/mol. The molecule has 2 heteroatoms. The Morgan fingerprint density at radius 1 is 1.67 bits per heavy atom. The van der Waals surface area contributed by atoms with E-state index in [2.05, 4.69) is 18.0 Å². The van der Waals surface area contributed by atoms with Gasteiger partial charge in [0.25, 0.3) is 0 Å². The summed E-state index contributed by atoms with van der Waals surface area (Å²) in [6, 6.07) is 2.05. The van der Waals surface area contributed by atoms with Crippen molar-refractivity contribution in [3.05, 3.63) is 34.5 Å². The molecule has 0 unspecified atom stereocenters. The van der Waals surface area contributed by atoms with Gasteiger partial charge in [0.05, 0.1) is 0 Å². The molecule has 1 aromatic heterocycles. The fourth-order valence-corrected chi connectivity index (χ4v) is 1.61. The summed E-state index contributed by atoms with van der Waals surface area (Å²) in [4.78, 5) is 11.1. The highest BCUT2D eigenvalue weighted by Gasteiger charge is 2.02. The van der Waals surface area contributed by atoms with Crippen LogP contribution in [0, 0.1) is 0 Å². The molecule has 0 fully saturated rings. The van der Waals surface area contributed by atoms with Gasteiger partial charge in [0.1, 0.15) is 0 Å². The SMILES string of the molecule is C=C(C)C(=O)CCc1ccsc1. The fraction of sp³-hybridized carbons (Fsp3) is 0.300. The molecule has 0 spiro atoms. The Morgan fingerprint density at radius 2 is 2.42 bits per heavy atom. The molecule has 1 heterocycles. The lowest BCUT2D eigenvalue weighted by Crippen LogP contribution is -1.99. The minimum absolute atomic E-state index is 0.168. The number of rotatable bonds is 4. The molecule has 1 aromatic rings. The molecule has 0 aliphatic heterocycles. The highest BCUT2D eigenvalue weighted by Crippen LogP contribution is 2.09. The number of hydrogen-bond donors (Lipinski definition) is 0. The van der Waals surface area contributed by atoms with Crippen LogP contribution in [0.4, 0.5) is 0 Å². The van der Waals surface area contributed by atoms with Crippen molar-refractivity contribution in [1.29, 1.82) is 0 Å². The maximum Gasteiger partial charge on any atom is 0.158 e. The predicted octanol–water partition coefficient (Wildman–Crippen LogP) is 2.83. The van der Waals surface area contributed by atoms with Crippen LogP contribution in [0.25, 0.3) is 0 Å². The number of aryl methyl sites for hydroxylation is 1. The van der Waals surface area contributed by atoms with E-state index in [4.69, 9.17) is 0 Å². The molecule has 0 atom stereocenters. The van der Waals surface area contributed by atoms with Crippen molar-refractivity contribution in [3.8, 4) is 0 Å². The van der Waals surface area contributed by atoms with Crippen molar-refractivity contribution in [2.75, 3.05) is 0 Å². The third-order valence-electron chi connectivity index (χ3n) is 1.70. The van der Waals surface area contributed by atoms with E-state index in [1.54, 1.807) is 18.3 Å². The summed E-state index contributed by atoms with van der Waals surface area (Å²) >= 11 is 1.67. The van der Waals surface area contributed by atoms with E-state index in [-0.39, 0.29) is 5.78 Å². The molecule has 0 amide bonds. The minimum Gasteiger partial charge on any atom is -0.295 e. The van der Waals surface area contributed by atoms with Crippen LogP contribution < -0.4 is 0 Å². The van der Waals surface area contributed by atoms with Gasteiger partial charge in [-0.3, -0.25) is 4.79 Å². The van der Waals surface area contributed by atoms with E-state index in [0.717, 1.165) is 6.42 Å². The lowest BCUT2D eigenvalue weighted by Gasteiger charge is -1.96. The largest absolute Gasteiger partial charge is 0.295 e. The third kappa shape index (κ3) is 2.62. The first kappa shape index (κ1) is 9.20. The van der Waals surface area contributed by atoms with Crippen LogP contribution in [-0.4, -0.2) is 5.78 Å². The lowest BCUT2D eigenvalue weighted by molar-refractivity contribution is -0.115. The number of hydrogen-bond acceptors (Lipinski definition) is 2. The summed E-state index contributed by atoms with van der Waals surface area (Å²) in [5.74, 6) is 0.168. The van der Waals surface area contributed by atoms with Crippen LogP contribution in [0.1, 0.15) is 18.9 Å². The van der Waals surface area contributed by atoms with Crippen LogP contribution in [0.5, 0.6) is 0 Å². The second-order valence-corrected chi connectivity index (χ2v) is 3.62. The van der Waals surface area contributed by atoms with E-state index < -0.39 is 0 Å². The molecular weight excluding hydrogens is 168 g/mol. The van der Waals surface area contributed by atoms with Crippen molar-refractivity contribution in [3.63, 3.8) is 0 Å². The Kier molecular flexibility index (Phi) is 3.23. The van der Waals surface area contributed by atoms with Gasteiger partial charge in [-0.25, -0.2) is 0 Å². The first-order valence-corrected chi connectivity index (χ1v) is 4.84. The fourth-order valence-electron chi connectivity index (χ4n) is 0.906. The van der Waals surface area contributed by atoms with Gasteiger partial charge in [-0.1, -0.05) is 6.58 Å². The van der Waals surface area contributed by atoms with Crippen LogP contribution in [0.3, 0.4) is 0 Å². The normalized spacial score (nSPS) is 9.75. The van der Waals surface area contributed by atoms with Gasteiger partial charge in [0.2, 0.25) is 0 Å². The van der Waals surface area contributed by atoms with E-state index in [1.165, 1.54) is 5.56 Å². The van der Waals surface area contributed by atoms with Gasteiger partial charge in [-0.15, -0.1) is 0 Å². The van der Waals surface area contributed by atoms with Gasteiger partial charge in [-0.2, -0.15) is 11.3 Å². The molecule has 0 radical (unpaired) electrons. The Bertz CT molecular complexity index is 272. The van der Waals surface area contributed by atoms with E-state index in [1.807, 2.05) is 5.38 Å². The summed E-state index contributed by atoms with van der Waals surface area (Å²) in [6.45, 7) is 5.37. The summed E-state index contributed by atoms with van der Waals surface area (Å²) in [7, 11) is 0. The summed E-state index contributed by atoms with van der Waals surface area (Å²) in [5, 5.41) is 4.10. The highest BCUT2D eigenvalue weighted by atomic mass is 32.1. The topological polar surface area (TPSA) is 17.1 Å². The summed E-state index contributed by atoms with van der Waals surface area (Å²) in [5.41, 5.74) is 1.90. The van der Waals surface area contributed by atoms with Gasteiger partial charge in [-0.05, 0) is 41.3 Å².